The van der Waals surface area contributed by atoms with Crippen molar-refractivity contribution in [2.24, 2.45) is 0 Å². The second kappa shape index (κ2) is 9.78. The summed E-state index contributed by atoms with van der Waals surface area (Å²) in [6, 6.07) is 8.48. The molecule has 0 amide bonds. The monoisotopic (exact) mass is 279 g/mol. The third-order valence-corrected chi connectivity index (χ3v) is 3.53. The van der Waals surface area contributed by atoms with Gasteiger partial charge in [-0.25, -0.2) is 0 Å². The summed E-state index contributed by atoms with van der Waals surface area (Å²) < 4.78 is 10.9. The van der Waals surface area contributed by atoms with Gasteiger partial charge >= 0.3 is 0 Å². The van der Waals surface area contributed by atoms with Crippen LogP contribution in [0.15, 0.2) is 24.3 Å². The highest BCUT2D eigenvalue weighted by Gasteiger charge is 2.05. The Morgan fingerprint density at radius 1 is 1.15 bits per heavy atom. The van der Waals surface area contributed by atoms with E-state index >= 15 is 0 Å². The molecule has 0 saturated carbocycles. The molecule has 3 nitrogen and oxygen atoms in total. The normalized spacial score (nSPS) is 14.0. The molecule has 20 heavy (non-hydrogen) atoms. The van der Waals surface area contributed by atoms with Gasteiger partial charge < -0.3 is 14.8 Å². The second-order valence-corrected chi connectivity index (χ2v) is 5.36. The van der Waals surface area contributed by atoms with Crippen molar-refractivity contribution in [3.05, 3.63) is 29.8 Å². The third-order valence-electron chi connectivity index (χ3n) is 3.53. The molecule has 0 aliphatic carbocycles. The van der Waals surface area contributed by atoms with E-state index in [2.05, 4.69) is 50.4 Å². The molecule has 0 bridgehead atoms. The summed E-state index contributed by atoms with van der Waals surface area (Å²) in [5, 5.41) is 3.37. The summed E-state index contributed by atoms with van der Waals surface area (Å²) >= 11 is 0. The minimum absolute atomic E-state index is 0.173. The van der Waals surface area contributed by atoms with Crippen LogP contribution >= 0.6 is 0 Å². The van der Waals surface area contributed by atoms with Gasteiger partial charge in [0.25, 0.3) is 0 Å². The minimum atomic E-state index is 0.173. The number of nitrogens with one attached hydrogen (secondary N) is 1. The predicted octanol–water partition coefficient (Wildman–Crippen LogP) is 3.59. The van der Waals surface area contributed by atoms with Crippen LogP contribution in [0, 0.1) is 0 Å². The molecule has 2 unspecified atom stereocenters. The molecular formula is C17H29NO2. The Hall–Kier alpha value is -1.06. The van der Waals surface area contributed by atoms with Gasteiger partial charge in [-0.05, 0) is 49.9 Å². The summed E-state index contributed by atoms with van der Waals surface area (Å²) in [5.74, 6) is 1.56. The Morgan fingerprint density at radius 3 is 2.45 bits per heavy atom. The van der Waals surface area contributed by atoms with E-state index in [9.17, 15) is 0 Å². The highest BCUT2D eigenvalue weighted by molar-refractivity contribution is 5.29. The summed E-state index contributed by atoms with van der Waals surface area (Å²) in [5.41, 5.74) is 1.38. The molecule has 1 aromatic rings. The van der Waals surface area contributed by atoms with Crippen molar-refractivity contribution >= 4 is 0 Å². The van der Waals surface area contributed by atoms with Gasteiger partial charge in [-0.3, -0.25) is 0 Å². The van der Waals surface area contributed by atoms with Gasteiger partial charge in [-0.15, -0.1) is 0 Å². The summed E-state index contributed by atoms with van der Waals surface area (Å²) in [4.78, 5) is 0. The molecule has 0 aliphatic rings. The van der Waals surface area contributed by atoms with Crippen molar-refractivity contribution in [3.63, 3.8) is 0 Å². The second-order valence-electron chi connectivity index (χ2n) is 5.36. The molecule has 1 aromatic carbocycles. The van der Waals surface area contributed by atoms with Crippen LogP contribution in [0.5, 0.6) is 5.75 Å². The Bertz CT molecular complexity index is 351. The van der Waals surface area contributed by atoms with Gasteiger partial charge in [-0.2, -0.15) is 0 Å². The molecule has 3 heteroatoms. The van der Waals surface area contributed by atoms with E-state index < -0.39 is 0 Å². The zero-order valence-corrected chi connectivity index (χ0v) is 13.3. The molecule has 2 atom stereocenters. The Morgan fingerprint density at radius 2 is 1.85 bits per heavy atom. The van der Waals surface area contributed by atoms with E-state index in [0.717, 1.165) is 31.9 Å². The van der Waals surface area contributed by atoms with Crippen molar-refractivity contribution in [1.82, 2.24) is 5.32 Å². The lowest BCUT2D eigenvalue weighted by atomic mass is 9.99. The van der Waals surface area contributed by atoms with Crippen LogP contribution in [0.1, 0.15) is 45.1 Å². The predicted molar refractivity (Wildman–Crippen MR) is 84.6 cm³/mol. The molecular weight excluding hydrogens is 250 g/mol. The number of benzene rings is 1. The lowest BCUT2D eigenvalue weighted by Gasteiger charge is -2.16. The van der Waals surface area contributed by atoms with Gasteiger partial charge in [0.1, 0.15) is 11.9 Å². The van der Waals surface area contributed by atoms with E-state index in [1.807, 2.05) is 0 Å². The average molecular weight is 279 g/mol. The van der Waals surface area contributed by atoms with Crippen LogP contribution in [0.25, 0.3) is 0 Å². The number of methoxy groups -OCH3 is 1. The summed E-state index contributed by atoms with van der Waals surface area (Å²) in [6.07, 6.45) is 2.38. The molecule has 0 saturated heterocycles. The van der Waals surface area contributed by atoms with E-state index in [-0.39, 0.29) is 6.10 Å². The largest absolute Gasteiger partial charge is 0.489 e. The van der Waals surface area contributed by atoms with Crippen molar-refractivity contribution in [2.45, 2.75) is 45.6 Å². The zero-order chi connectivity index (χ0) is 14.8. The van der Waals surface area contributed by atoms with Crippen molar-refractivity contribution < 1.29 is 9.47 Å². The minimum Gasteiger partial charge on any atom is -0.489 e. The van der Waals surface area contributed by atoms with Crippen LogP contribution in [-0.4, -0.2) is 32.9 Å². The summed E-state index contributed by atoms with van der Waals surface area (Å²) in [7, 11) is 1.73. The Kier molecular flexibility index (Phi) is 8.31. The molecule has 114 valence electrons. The van der Waals surface area contributed by atoms with E-state index in [0.29, 0.717) is 5.92 Å². The summed E-state index contributed by atoms with van der Waals surface area (Å²) in [6.45, 7) is 9.19. The molecule has 0 heterocycles. The molecule has 0 fully saturated rings. The molecule has 0 aliphatic heterocycles. The molecule has 0 radical (unpaired) electrons. The zero-order valence-electron chi connectivity index (χ0n) is 13.3. The van der Waals surface area contributed by atoms with Gasteiger partial charge in [0, 0.05) is 20.3 Å². The maximum Gasteiger partial charge on any atom is 0.119 e. The first-order valence-electron chi connectivity index (χ1n) is 7.63. The lowest BCUT2D eigenvalue weighted by molar-refractivity contribution is 0.188. The maximum atomic E-state index is 5.90. The first kappa shape index (κ1) is 17.0. The maximum absolute atomic E-state index is 5.90. The van der Waals surface area contributed by atoms with E-state index in [4.69, 9.17) is 9.47 Å². The van der Waals surface area contributed by atoms with Crippen molar-refractivity contribution in [3.8, 4) is 5.75 Å². The fraction of sp³-hybridized carbons (Fsp3) is 0.647. The third kappa shape index (κ3) is 6.40. The fourth-order valence-electron chi connectivity index (χ4n) is 2.03. The first-order valence-corrected chi connectivity index (χ1v) is 7.63. The van der Waals surface area contributed by atoms with Gasteiger partial charge in [0.15, 0.2) is 0 Å². The number of hydrogen-bond acceptors (Lipinski definition) is 3. The average Bonchev–Trinajstić information content (AvgIpc) is 2.47. The number of ether oxygens (including phenoxy) is 2. The highest BCUT2D eigenvalue weighted by Crippen LogP contribution is 2.21. The van der Waals surface area contributed by atoms with Gasteiger partial charge in [-0.1, -0.05) is 26.0 Å². The quantitative estimate of drug-likeness (QED) is 0.664. The number of hydrogen-bond donors (Lipinski definition) is 1. The Labute approximate surface area is 123 Å². The first-order chi connectivity index (χ1) is 9.67. The van der Waals surface area contributed by atoms with E-state index in [1.54, 1.807) is 7.11 Å². The van der Waals surface area contributed by atoms with Crippen LogP contribution in [-0.2, 0) is 4.74 Å². The Balaban J connectivity index is 2.29. The van der Waals surface area contributed by atoms with Crippen LogP contribution in [0.2, 0.25) is 0 Å². The molecule has 1 N–H and O–H groups in total. The molecule has 0 spiro atoms. The van der Waals surface area contributed by atoms with Gasteiger partial charge in [0.2, 0.25) is 0 Å². The van der Waals surface area contributed by atoms with Gasteiger partial charge in [0.05, 0.1) is 0 Å². The van der Waals surface area contributed by atoms with Crippen LogP contribution in [0.3, 0.4) is 0 Å². The fourth-order valence-corrected chi connectivity index (χ4v) is 2.03. The number of rotatable bonds is 10. The standard InChI is InChI=1S/C17H29NO2/c1-5-14(2)16-7-9-17(10-8-16)20-15(3)13-18-11-6-12-19-4/h7-10,14-15,18H,5-6,11-13H2,1-4H3. The SMILES string of the molecule is CCC(C)c1ccc(OC(C)CNCCCOC)cc1. The topological polar surface area (TPSA) is 30.5 Å². The molecule has 0 aromatic heterocycles. The highest BCUT2D eigenvalue weighted by atomic mass is 16.5. The van der Waals surface area contributed by atoms with Crippen molar-refractivity contribution in [2.75, 3.05) is 26.8 Å². The van der Waals surface area contributed by atoms with Crippen molar-refractivity contribution in [1.29, 1.82) is 0 Å². The van der Waals surface area contributed by atoms with Crippen LogP contribution in [0.4, 0.5) is 0 Å². The van der Waals surface area contributed by atoms with E-state index in [1.165, 1.54) is 12.0 Å². The molecule has 1 rings (SSSR count). The smallest absolute Gasteiger partial charge is 0.119 e. The lowest BCUT2D eigenvalue weighted by Crippen LogP contribution is -2.30. The van der Waals surface area contributed by atoms with Crippen LogP contribution < -0.4 is 10.1 Å².